The zero-order valence-electron chi connectivity index (χ0n) is 6.73. The third-order valence-corrected chi connectivity index (χ3v) is 2.97. The minimum absolute atomic E-state index is 0.650. The Morgan fingerprint density at radius 3 is 2.70 bits per heavy atom. The van der Waals surface area contributed by atoms with E-state index in [1.54, 1.807) is 0 Å². The van der Waals surface area contributed by atoms with Crippen LogP contribution in [-0.4, -0.2) is 13.2 Å². The minimum Gasteiger partial charge on any atom is -0.381 e. The van der Waals surface area contributed by atoms with Crippen molar-refractivity contribution in [1.29, 1.82) is 0 Å². The molecule has 0 N–H and O–H groups in total. The molecule has 0 amide bonds. The first-order valence-electron chi connectivity index (χ1n) is 4.39. The quantitative estimate of drug-likeness (QED) is 0.501. The maximum absolute atomic E-state index is 5.48. The Kier molecular flexibility index (Phi) is 1.48. The average Bonchev–Trinajstić information content (AvgIpc) is 1.87. The molecule has 2 aliphatic rings. The zero-order valence-corrected chi connectivity index (χ0v) is 6.73. The Bertz CT molecular complexity index is 109. The predicted octanol–water partition coefficient (Wildman–Crippen LogP) is 2.21. The SMILES string of the molecule is CC1CC2(CCCOC2)C1. The Morgan fingerprint density at radius 2 is 2.20 bits per heavy atom. The molecule has 1 saturated heterocycles. The van der Waals surface area contributed by atoms with Gasteiger partial charge in [0.25, 0.3) is 0 Å². The van der Waals surface area contributed by atoms with E-state index in [1.165, 1.54) is 25.7 Å². The second-order valence-corrected chi connectivity index (χ2v) is 4.17. The summed E-state index contributed by atoms with van der Waals surface area (Å²) < 4.78 is 5.48. The highest BCUT2D eigenvalue weighted by atomic mass is 16.5. The fourth-order valence-corrected chi connectivity index (χ4v) is 2.65. The van der Waals surface area contributed by atoms with Crippen molar-refractivity contribution in [2.45, 2.75) is 32.6 Å². The monoisotopic (exact) mass is 140 g/mol. The summed E-state index contributed by atoms with van der Waals surface area (Å²) in [5.74, 6) is 0.974. The van der Waals surface area contributed by atoms with E-state index in [1.807, 2.05) is 0 Å². The fraction of sp³-hybridized carbons (Fsp3) is 1.00. The molecule has 1 spiro atoms. The van der Waals surface area contributed by atoms with Crippen molar-refractivity contribution in [2.24, 2.45) is 11.3 Å². The molecule has 1 saturated carbocycles. The third kappa shape index (κ3) is 0.968. The lowest BCUT2D eigenvalue weighted by Crippen LogP contribution is -2.42. The minimum atomic E-state index is 0.650. The number of ether oxygens (including phenoxy) is 1. The molecular weight excluding hydrogens is 124 g/mol. The highest BCUT2D eigenvalue weighted by molar-refractivity contribution is 4.92. The van der Waals surface area contributed by atoms with Crippen LogP contribution in [0.15, 0.2) is 0 Å². The van der Waals surface area contributed by atoms with Gasteiger partial charge in [0.2, 0.25) is 0 Å². The van der Waals surface area contributed by atoms with Gasteiger partial charge in [-0.2, -0.15) is 0 Å². The summed E-state index contributed by atoms with van der Waals surface area (Å²) in [7, 11) is 0. The average molecular weight is 140 g/mol. The van der Waals surface area contributed by atoms with E-state index in [0.717, 1.165) is 19.1 Å². The van der Waals surface area contributed by atoms with Crippen LogP contribution in [0.1, 0.15) is 32.6 Å². The van der Waals surface area contributed by atoms with E-state index in [4.69, 9.17) is 4.74 Å². The molecule has 1 aliphatic heterocycles. The lowest BCUT2D eigenvalue weighted by Gasteiger charge is -2.48. The first kappa shape index (κ1) is 6.66. The van der Waals surface area contributed by atoms with Gasteiger partial charge in [0.1, 0.15) is 0 Å². The molecule has 2 rings (SSSR count). The van der Waals surface area contributed by atoms with Gasteiger partial charge in [-0.05, 0) is 37.0 Å². The van der Waals surface area contributed by atoms with Gasteiger partial charge in [0.15, 0.2) is 0 Å². The summed E-state index contributed by atoms with van der Waals surface area (Å²) >= 11 is 0. The summed E-state index contributed by atoms with van der Waals surface area (Å²) in [4.78, 5) is 0. The van der Waals surface area contributed by atoms with Crippen LogP contribution < -0.4 is 0 Å². The van der Waals surface area contributed by atoms with Crippen molar-refractivity contribution in [3.63, 3.8) is 0 Å². The second kappa shape index (κ2) is 2.23. The van der Waals surface area contributed by atoms with E-state index in [9.17, 15) is 0 Å². The van der Waals surface area contributed by atoms with Crippen molar-refractivity contribution >= 4 is 0 Å². The number of hydrogen-bond donors (Lipinski definition) is 0. The van der Waals surface area contributed by atoms with Gasteiger partial charge in [0.05, 0.1) is 6.61 Å². The van der Waals surface area contributed by atoms with Gasteiger partial charge >= 0.3 is 0 Å². The van der Waals surface area contributed by atoms with Crippen molar-refractivity contribution in [3.8, 4) is 0 Å². The maximum atomic E-state index is 5.48. The van der Waals surface area contributed by atoms with E-state index in [2.05, 4.69) is 6.92 Å². The molecule has 1 aliphatic carbocycles. The summed E-state index contributed by atoms with van der Waals surface area (Å²) in [6, 6.07) is 0. The Morgan fingerprint density at radius 1 is 1.40 bits per heavy atom. The second-order valence-electron chi connectivity index (χ2n) is 4.17. The van der Waals surface area contributed by atoms with Crippen molar-refractivity contribution < 1.29 is 4.74 Å². The van der Waals surface area contributed by atoms with Crippen LogP contribution in [0.5, 0.6) is 0 Å². The van der Waals surface area contributed by atoms with Gasteiger partial charge in [0, 0.05) is 6.61 Å². The number of hydrogen-bond acceptors (Lipinski definition) is 1. The van der Waals surface area contributed by atoms with Gasteiger partial charge in [-0.1, -0.05) is 6.92 Å². The molecule has 0 radical (unpaired) electrons. The van der Waals surface area contributed by atoms with Crippen LogP contribution in [0.2, 0.25) is 0 Å². The van der Waals surface area contributed by atoms with Crippen LogP contribution >= 0.6 is 0 Å². The lowest BCUT2D eigenvalue weighted by atomic mass is 9.60. The van der Waals surface area contributed by atoms with E-state index in [-0.39, 0.29) is 0 Å². The highest BCUT2D eigenvalue weighted by Gasteiger charge is 2.42. The summed E-state index contributed by atoms with van der Waals surface area (Å²) in [6.45, 7) is 4.41. The van der Waals surface area contributed by atoms with Crippen LogP contribution in [-0.2, 0) is 4.74 Å². The van der Waals surface area contributed by atoms with Crippen molar-refractivity contribution in [3.05, 3.63) is 0 Å². The zero-order chi connectivity index (χ0) is 7.03. The molecule has 0 bridgehead atoms. The molecule has 58 valence electrons. The fourth-order valence-electron chi connectivity index (χ4n) is 2.65. The van der Waals surface area contributed by atoms with Gasteiger partial charge in [-0.3, -0.25) is 0 Å². The predicted molar refractivity (Wildman–Crippen MR) is 40.9 cm³/mol. The van der Waals surface area contributed by atoms with Gasteiger partial charge in [-0.25, -0.2) is 0 Å². The molecule has 10 heavy (non-hydrogen) atoms. The molecule has 0 aromatic carbocycles. The first-order valence-corrected chi connectivity index (χ1v) is 4.39. The topological polar surface area (TPSA) is 9.23 Å². The molecule has 1 nitrogen and oxygen atoms in total. The van der Waals surface area contributed by atoms with Crippen molar-refractivity contribution in [2.75, 3.05) is 13.2 Å². The van der Waals surface area contributed by atoms with Crippen molar-refractivity contribution in [1.82, 2.24) is 0 Å². The number of rotatable bonds is 0. The summed E-state index contributed by atoms with van der Waals surface area (Å²) in [5.41, 5.74) is 0.650. The third-order valence-electron chi connectivity index (χ3n) is 2.97. The molecule has 0 aromatic rings. The van der Waals surface area contributed by atoms with Crippen LogP contribution in [0.3, 0.4) is 0 Å². The molecule has 0 unspecified atom stereocenters. The summed E-state index contributed by atoms with van der Waals surface area (Å²) in [6.07, 6.45) is 5.57. The highest BCUT2D eigenvalue weighted by Crippen LogP contribution is 2.50. The molecule has 0 aromatic heterocycles. The molecule has 0 atom stereocenters. The van der Waals surface area contributed by atoms with E-state index in [0.29, 0.717) is 5.41 Å². The largest absolute Gasteiger partial charge is 0.381 e. The molecule has 1 heterocycles. The van der Waals surface area contributed by atoms with Crippen LogP contribution in [0.4, 0.5) is 0 Å². The lowest BCUT2D eigenvalue weighted by molar-refractivity contribution is -0.0771. The maximum Gasteiger partial charge on any atom is 0.0522 e. The summed E-state index contributed by atoms with van der Waals surface area (Å²) in [5, 5.41) is 0. The standard InChI is InChI=1S/C9H16O/c1-8-5-9(6-8)3-2-4-10-7-9/h8H,2-7H2,1H3. The van der Waals surface area contributed by atoms with Gasteiger partial charge < -0.3 is 4.74 Å². The van der Waals surface area contributed by atoms with Gasteiger partial charge in [-0.15, -0.1) is 0 Å². The first-order chi connectivity index (χ1) is 4.81. The smallest absolute Gasteiger partial charge is 0.0522 e. The molecule has 2 fully saturated rings. The normalized spacial score (nSPS) is 47.1. The molecular formula is C9H16O. The molecule has 1 heteroatoms. The Hall–Kier alpha value is -0.0400. The Labute approximate surface area is 62.8 Å². The Balaban J connectivity index is 1.90. The van der Waals surface area contributed by atoms with Crippen LogP contribution in [0, 0.1) is 11.3 Å². The van der Waals surface area contributed by atoms with Crippen LogP contribution in [0.25, 0.3) is 0 Å². The van der Waals surface area contributed by atoms with E-state index >= 15 is 0 Å². The van der Waals surface area contributed by atoms with E-state index < -0.39 is 0 Å².